The van der Waals surface area contributed by atoms with Crippen LogP contribution in [0.5, 0.6) is 0 Å². The zero-order chi connectivity index (χ0) is 18.4. The molecule has 1 fully saturated rings. The second-order valence-electron chi connectivity index (χ2n) is 7.25. The molecule has 26 heavy (non-hydrogen) atoms. The van der Waals surface area contributed by atoms with Gasteiger partial charge in [-0.3, -0.25) is 0 Å². The Morgan fingerprint density at radius 3 is 2.92 bits per heavy atom. The fraction of sp³-hybridized carbons (Fsp3) is 0.619. The smallest absolute Gasteiger partial charge is 0.226 e. The quantitative estimate of drug-likeness (QED) is 0.768. The largest absolute Gasteiger partial charge is 0.382 e. The molecule has 5 heteroatoms. The molecule has 1 aliphatic rings. The molecule has 0 spiro atoms. The number of nitrogens with one attached hydrogen (secondary N) is 1. The Labute approximate surface area is 157 Å². The summed E-state index contributed by atoms with van der Waals surface area (Å²) in [5, 5.41) is 4.85. The maximum atomic E-state index is 5.41. The van der Waals surface area contributed by atoms with Gasteiger partial charge in [-0.05, 0) is 64.6 Å². The van der Waals surface area contributed by atoms with Crippen LogP contribution in [0.15, 0.2) is 18.2 Å². The number of ether oxygens (including phenoxy) is 1. The Hall–Kier alpha value is -1.72. The van der Waals surface area contributed by atoms with Crippen LogP contribution < -0.4 is 10.2 Å². The van der Waals surface area contributed by atoms with Gasteiger partial charge in [-0.2, -0.15) is 0 Å². The summed E-state index contributed by atoms with van der Waals surface area (Å²) < 4.78 is 5.41. The molecule has 2 heterocycles. The van der Waals surface area contributed by atoms with Gasteiger partial charge in [0.05, 0.1) is 11.2 Å². The highest BCUT2D eigenvalue weighted by Gasteiger charge is 2.19. The number of hydrogen-bond acceptors (Lipinski definition) is 5. The Balaban J connectivity index is 1.61. The van der Waals surface area contributed by atoms with Gasteiger partial charge in [-0.15, -0.1) is 0 Å². The number of fused-ring (bicyclic) bond motifs is 1. The molecule has 0 saturated carbocycles. The third-order valence-electron chi connectivity index (χ3n) is 5.14. The molecular weight excluding hydrogens is 324 g/mol. The molecule has 5 nitrogen and oxygen atoms in total. The summed E-state index contributed by atoms with van der Waals surface area (Å²) in [4.78, 5) is 12.0. The minimum atomic E-state index is 0.588. The van der Waals surface area contributed by atoms with Crippen molar-refractivity contribution in [1.82, 2.24) is 15.3 Å². The van der Waals surface area contributed by atoms with E-state index in [0.29, 0.717) is 6.04 Å². The second-order valence-corrected chi connectivity index (χ2v) is 7.25. The fourth-order valence-electron chi connectivity index (χ4n) is 3.65. The summed E-state index contributed by atoms with van der Waals surface area (Å²) in [6, 6.07) is 7.01. The molecule has 1 aromatic heterocycles. The summed E-state index contributed by atoms with van der Waals surface area (Å²) in [7, 11) is 0. The van der Waals surface area contributed by atoms with Crippen molar-refractivity contribution >= 4 is 16.9 Å². The van der Waals surface area contributed by atoms with Crippen molar-refractivity contribution in [1.29, 1.82) is 0 Å². The number of hydrogen-bond donors (Lipinski definition) is 1. The maximum absolute atomic E-state index is 5.41. The standard InChI is InChI=1S/C21H32N4O/c1-4-26-14-6-11-22-18-7-5-12-25(13-10-18)21-23-17(3)19-9-8-16(2)15-20(19)24-21/h8-9,15,18,22H,4-7,10-14H2,1-3H3. The number of nitrogens with zero attached hydrogens (tertiary/aromatic N) is 3. The van der Waals surface area contributed by atoms with Crippen molar-refractivity contribution in [2.45, 2.75) is 52.5 Å². The van der Waals surface area contributed by atoms with Crippen molar-refractivity contribution in [2.24, 2.45) is 0 Å². The van der Waals surface area contributed by atoms with Crippen molar-refractivity contribution in [3.05, 3.63) is 29.5 Å². The predicted octanol–water partition coefficient (Wildman–Crippen LogP) is 3.62. The van der Waals surface area contributed by atoms with Crippen molar-refractivity contribution < 1.29 is 4.74 Å². The number of aromatic nitrogens is 2. The van der Waals surface area contributed by atoms with E-state index in [1.54, 1.807) is 0 Å². The average molecular weight is 357 g/mol. The molecule has 0 bridgehead atoms. The summed E-state index contributed by atoms with van der Waals surface area (Å²) in [6.07, 6.45) is 4.62. The first-order valence-corrected chi connectivity index (χ1v) is 9.98. The van der Waals surface area contributed by atoms with Crippen LogP contribution in [0.4, 0.5) is 5.95 Å². The first kappa shape index (κ1) is 19.1. The lowest BCUT2D eigenvalue weighted by molar-refractivity contribution is 0.144. The molecular formula is C21H32N4O. The topological polar surface area (TPSA) is 50.3 Å². The Bertz CT molecular complexity index is 718. The van der Waals surface area contributed by atoms with Gasteiger partial charge < -0.3 is 15.0 Å². The Morgan fingerprint density at radius 1 is 1.19 bits per heavy atom. The van der Waals surface area contributed by atoms with Crippen molar-refractivity contribution in [3.8, 4) is 0 Å². The van der Waals surface area contributed by atoms with Gasteiger partial charge in [0.25, 0.3) is 0 Å². The fourth-order valence-corrected chi connectivity index (χ4v) is 3.65. The molecule has 3 rings (SSSR count). The summed E-state index contributed by atoms with van der Waals surface area (Å²) in [5.74, 6) is 0.887. The molecule has 0 radical (unpaired) electrons. The first-order chi connectivity index (χ1) is 12.7. The van der Waals surface area contributed by atoms with E-state index in [0.717, 1.165) is 68.2 Å². The van der Waals surface area contributed by atoms with E-state index in [-0.39, 0.29) is 0 Å². The minimum Gasteiger partial charge on any atom is -0.382 e. The Kier molecular flexibility index (Phi) is 6.80. The predicted molar refractivity (Wildman–Crippen MR) is 108 cm³/mol. The van der Waals surface area contributed by atoms with E-state index in [2.05, 4.69) is 42.3 Å². The van der Waals surface area contributed by atoms with Gasteiger partial charge in [0.15, 0.2) is 0 Å². The van der Waals surface area contributed by atoms with Crippen LogP contribution in [0, 0.1) is 13.8 Å². The van der Waals surface area contributed by atoms with E-state index in [1.807, 2.05) is 6.92 Å². The molecule has 1 atom stereocenters. The van der Waals surface area contributed by atoms with Crippen LogP contribution in [0.2, 0.25) is 0 Å². The SMILES string of the molecule is CCOCCCNC1CCCN(c2nc(C)c3ccc(C)cc3n2)CC1. The van der Waals surface area contributed by atoms with Gasteiger partial charge in [-0.25, -0.2) is 9.97 Å². The average Bonchev–Trinajstić information content (AvgIpc) is 2.87. The molecule has 1 aliphatic heterocycles. The number of aryl methyl sites for hydroxylation is 2. The first-order valence-electron chi connectivity index (χ1n) is 9.98. The van der Waals surface area contributed by atoms with Gasteiger partial charge in [0.1, 0.15) is 0 Å². The molecule has 1 saturated heterocycles. The van der Waals surface area contributed by atoms with Crippen molar-refractivity contribution in [3.63, 3.8) is 0 Å². The number of benzene rings is 1. The second kappa shape index (κ2) is 9.28. The van der Waals surface area contributed by atoms with E-state index < -0.39 is 0 Å². The van der Waals surface area contributed by atoms with E-state index in [9.17, 15) is 0 Å². The van der Waals surface area contributed by atoms with Crippen LogP contribution in [0.25, 0.3) is 10.9 Å². The third kappa shape index (κ3) is 4.92. The van der Waals surface area contributed by atoms with E-state index >= 15 is 0 Å². The lowest BCUT2D eigenvalue weighted by Crippen LogP contribution is -2.32. The number of rotatable bonds is 7. The summed E-state index contributed by atoms with van der Waals surface area (Å²) >= 11 is 0. The van der Waals surface area contributed by atoms with E-state index in [4.69, 9.17) is 14.7 Å². The van der Waals surface area contributed by atoms with Crippen LogP contribution in [-0.4, -0.2) is 48.9 Å². The van der Waals surface area contributed by atoms with Crippen LogP contribution in [0.3, 0.4) is 0 Å². The molecule has 142 valence electrons. The van der Waals surface area contributed by atoms with Gasteiger partial charge in [0, 0.05) is 37.7 Å². The normalized spacial score (nSPS) is 18.3. The molecule has 0 amide bonds. The maximum Gasteiger partial charge on any atom is 0.226 e. The molecule has 1 N–H and O–H groups in total. The van der Waals surface area contributed by atoms with Crippen LogP contribution in [-0.2, 0) is 4.74 Å². The highest BCUT2D eigenvalue weighted by molar-refractivity contribution is 5.82. The van der Waals surface area contributed by atoms with Gasteiger partial charge >= 0.3 is 0 Å². The highest BCUT2D eigenvalue weighted by atomic mass is 16.5. The molecule has 2 aromatic rings. The van der Waals surface area contributed by atoms with Crippen molar-refractivity contribution in [2.75, 3.05) is 37.7 Å². The Morgan fingerprint density at radius 2 is 2.08 bits per heavy atom. The van der Waals surface area contributed by atoms with Gasteiger partial charge in [-0.1, -0.05) is 12.1 Å². The summed E-state index contributed by atoms with van der Waals surface area (Å²) in [6.45, 7) is 11.0. The number of anilines is 1. The zero-order valence-corrected chi connectivity index (χ0v) is 16.4. The highest BCUT2D eigenvalue weighted by Crippen LogP contribution is 2.22. The molecule has 0 aliphatic carbocycles. The lowest BCUT2D eigenvalue weighted by Gasteiger charge is -2.21. The monoisotopic (exact) mass is 356 g/mol. The molecule has 1 aromatic carbocycles. The van der Waals surface area contributed by atoms with Gasteiger partial charge in [0.2, 0.25) is 5.95 Å². The zero-order valence-electron chi connectivity index (χ0n) is 16.4. The molecule has 1 unspecified atom stereocenters. The van der Waals surface area contributed by atoms with E-state index in [1.165, 1.54) is 18.4 Å². The minimum absolute atomic E-state index is 0.588. The summed E-state index contributed by atoms with van der Waals surface area (Å²) in [5.41, 5.74) is 3.37. The lowest BCUT2D eigenvalue weighted by atomic mass is 10.1. The third-order valence-corrected chi connectivity index (χ3v) is 5.14. The van der Waals surface area contributed by atoms with Crippen LogP contribution in [0.1, 0.15) is 43.9 Å². The van der Waals surface area contributed by atoms with Crippen LogP contribution >= 0.6 is 0 Å².